The minimum Gasteiger partial charge on any atom is -0.320 e. The van der Waals surface area contributed by atoms with E-state index in [1.807, 2.05) is 6.07 Å². The highest BCUT2D eigenvalue weighted by Gasteiger charge is 2.03. The van der Waals surface area contributed by atoms with Crippen LogP contribution in [0.5, 0.6) is 0 Å². The number of benzene rings is 1. The number of hydrogen-bond donors (Lipinski definition) is 1. The topological polar surface area (TPSA) is 46.2 Å². The van der Waals surface area contributed by atoms with Gasteiger partial charge in [0.25, 0.3) is 5.91 Å². The summed E-state index contributed by atoms with van der Waals surface area (Å²) in [5.41, 5.74) is 0.569. The molecule has 1 rings (SSSR count). The third-order valence-corrected chi connectivity index (χ3v) is 1.45. The predicted octanol–water partition coefficient (Wildman–Crippen LogP) is 1.13. The highest BCUT2D eigenvalue weighted by atomic mass is 16.2. The Balaban J connectivity index is 2.70. The maximum atomic E-state index is 11.3. The van der Waals surface area contributed by atoms with Crippen molar-refractivity contribution in [3.8, 4) is 0 Å². The van der Waals surface area contributed by atoms with E-state index in [4.69, 9.17) is 0 Å². The lowest BCUT2D eigenvalue weighted by Gasteiger charge is -2.01. The number of carbonyl (C=O) groups excluding carboxylic acids is 2. The second-order valence-electron chi connectivity index (χ2n) is 2.46. The summed E-state index contributed by atoms with van der Waals surface area (Å²) in [6.07, 6.45) is 0.501. The smallest absolute Gasteiger partial charge is 0.255 e. The highest BCUT2D eigenvalue weighted by Crippen LogP contribution is 1.98. The Kier molecular flexibility index (Phi) is 2.97. The summed E-state index contributed by atoms with van der Waals surface area (Å²) >= 11 is 0. The summed E-state index contributed by atoms with van der Waals surface area (Å²) < 4.78 is 0. The van der Waals surface area contributed by atoms with E-state index >= 15 is 0 Å². The predicted molar refractivity (Wildman–Crippen MR) is 49.1 cm³/mol. The number of rotatable bonds is 3. The van der Waals surface area contributed by atoms with Gasteiger partial charge in [0.1, 0.15) is 0 Å². The fraction of sp³-hybridized carbons (Fsp3) is 0. The van der Waals surface area contributed by atoms with Crippen LogP contribution in [-0.4, -0.2) is 12.2 Å². The lowest BCUT2D eigenvalue weighted by Crippen LogP contribution is -2.22. The molecule has 0 saturated heterocycles. The fourth-order valence-electron chi connectivity index (χ4n) is 0.837. The first kappa shape index (κ1) is 9.19. The lowest BCUT2D eigenvalue weighted by atomic mass is 10.2. The van der Waals surface area contributed by atoms with E-state index in [1.54, 1.807) is 24.3 Å². The van der Waals surface area contributed by atoms with Crippen molar-refractivity contribution in [2.24, 2.45) is 0 Å². The first-order valence-electron chi connectivity index (χ1n) is 3.74. The minimum atomic E-state index is -0.322. The molecule has 3 heteroatoms. The molecule has 1 aromatic rings. The normalized spacial score (nSPS) is 8.92. The largest absolute Gasteiger partial charge is 0.320 e. The number of carbonyl (C=O) groups is 2. The zero-order chi connectivity index (χ0) is 9.68. The molecule has 1 N–H and O–H groups in total. The van der Waals surface area contributed by atoms with E-state index in [0.717, 1.165) is 0 Å². The van der Waals surface area contributed by atoms with Gasteiger partial charge in [-0.2, -0.15) is 0 Å². The number of nitrogens with one attached hydrogen (secondary N) is 1. The Morgan fingerprint density at radius 3 is 2.46 bits per heavy atom. The second kappa shape index (κ2) is 4.21. The number of aldehydes is 1. The fourth-order valence-corrected chi connectivity index (χ4v) is 0.837. The van der Waals surface area contributed by atoms with Crippen LogP contribution in [0.3, 0.4) is 0 Å². The van der Waals surface area contributed by atoms with Gasteiger partial charge in [0.15, 0.2) is 6.29 Å². The van der Waals surface area contributed by atoms with Crippen molar-refractivity contribution in [1.82, 2.24) is 5.32 Å². The van der Waals surface area contributed by atoms with Crippen molar-refractivity contribution >= 4 is 12.2 Å². The molecule has 0 unspecified atom stereocenters. The van der Waals surface area contributed by atoms with Crippen molar-refractivity contribution in [3.05, 3.63) is 48.2 Å². The zero-order valence-electron chi connectivity index (χ0n) is 6.99. The number of hydrogen-bond acceptors (Lipinski definition) is 2. The quantitative estimate of drug-likeness (QED) is 0.553. The van der Waals surface area contributed by atoms with Gasteiger partial charge in [-0.3, -0.25) is 9.59 Å². The zero-order valence-corrected chi connectivity index (χ0v) is 6.99. The summed E-state index contributed by atoms with van der Waals surface area (Å²) in [5, 5.41) is 2.34. The summed E-state index contributed by atoms with van der Waals surface area (Å²) in [5.74, 6) is -0.322. The van der Waals surface area contributed by atoms with Crippen molar-refractivity contribution in [2.75, 3.05) is 0 Å². The molecule has 0 saturated carbocycles. The van der Waals surface area contributed by atoms with Crippen LogP contribution in [0, 0.1) is 0 Å². The van der Waals surface area contributed by atoms with Gasteiger partial charge in [0.2, 0.25) is 0 Å². The molecule has 0 aliphatic heterocycles. The van der Waals surface area contributed by atoms with Gasteiger partial charge in [0.05, 0.1) is 5.70 Å². The van der Waals surface area contributed by atoms with Gasteiger partial charge < -0.3 is 5.32 Å². The summed E-state index contributed by atoms with van der Waals surface area (Å²) in [6.45, 7) is 3.34. The Labute approximate surface area is 76.1 Å². The van der Waals surface area contributed by atoms with Crippen LogP contribution in [0.1, 0.15) is 10.4 Å². The maximum absolute atomic E-state index is 11.3. The molecule has 0 radical (unpaired) electrons. The van der Waals surface area contributed by atoms with Crippen molar-refractivity contribution < 1.29 is 9.59 Å². The Morgan fingerprint density at radius 2 is 1.92 bits per heavy atom. The molecule has 0 aliphatic rings. The van der Waals surface area contributed by atoms with Gasteiger partial charge in [0, 0.05) is 5.56 Å². The maximum Gasteiger partial charge on any atom is 0.255 e. The average molecular weight is 175 g/mol. The van der Waals surface area contributed by atoms with Crippen LogP contribution in [0.4, 0.5) is 0 Å². The molecule has 0 fully saturated rings. The van der Waals surface area contributed by atoms with Crippen LogP contribution in [-0.2, 0) is 4.79 Å². The van der Waals surface area contributed by atoms with Crippen molar-refractivity contribution in [1.29, 1.82) is 0 Å². The van der Waals surface area contributed by atoms with E-state index in [-0.39, 0.29) is 11.6 Å². The molecule has 13 heavy (non-hydrogen) atoms. The third-order valence-electron chi connectivity index (χ3n) is 1.45. The molecule has 0 bridgehead atoms. The SMILES string of the molecule is C=C(C=O)NC(=O)c1ccccc1. The first-order chi connectivity index (χ1) is 6.24. The van der Waals surface area contributed by atoms with Gasteiger partial charge in [-0.05, 0) is 12.1 Å². The summed E-state index contributed by atoms with van der Waals surface area (Å²) in [6, 6.07) is 8.63. The molecule has 0 heterocycles. The number of amides is 1. The monoisotopic (exact) mass is 175 g/mol. The molecular formula is C10H9NO2. The van der Waals surface area contributed by atoms with E-state index in [2.05, 4.69) is 11.9 Å². The molecule has 0 aromatic heterocycles. The minimum absolute atomic E-state index is 0.0638. The standard InChI is InChI=1S/C10H9NO2/c1-8(7-12)11-10(13)9-5-3-2-4-6-9/h2-7H,1H2,(H,11,13). The van der Waals surface area contributed by atoms with Crippen LogP contribution >= 0.6 is 0 Å². The molecule has 0 spiro atoms. The lowest BCUT2D eigenvalue weighted by molar-refractivity contribution is -0.105. The van der Waals surface area contributed by atoms with Crippen LogP contribution in [0.2, 0.25) is 0 Å². The van der Waals surface area contributed by atoms with Gasteiger partial charge >= 0.3 is 0 Å². The molecule has 3 nitrogen and oxygen atoms in total. The van der Waals surface area contributed by atoms with Crippen molar-refractivity contribution in [3.63, 3.8) is 0 Å². The molecular weight excluding hydrogens is 166 g/mol. The Morgan fingerprint density at radius 1 is 1.31 bits per heavy atom. The molecule has 1 aromatic carbocycles. The van der Waals surface area contributed by atoms with Gasteiger partial charge in [-0.1, -0.05) is 24.8 Å². The van der Waals surface area contributed by atoms with Crippen LogP contribution in [0.25, 0.3) is 0 Å². The average Bonchev–Trinajstić information content (AvgIpc) is 2.19. The third kappa shape index (κ3) is 2.56. The molecule has 66 valence electrons. The van der Waals surface area contributed by atoms with Crippen LogP contribution < -0.4 is 5.32 Å². The number of allylic oxidation sites excluding steroid dienone is 1. The Bertz CT molecular complexity index is 330. The summed E-state index contributed by atoms with van der Waals surface area (Å²) in [7, 11) is 0. The summed E-state index contributed by atoms with van der Waals surface area (Å²) in [4.78, 5) is 21.4. The van der Waals surface area contributed by atoms with E-state index < -0.39 is 0 Å². The van der Waals surface area contributed by atoms with E-state index in [0.29, 0.717) is 11.8 Å². The van der Waals surface area contributed by atoms with Gasteiger partial charge in [-0.25, -0.2) is 0 Å². The van der Waals surface area contributed by atoms with E-state index in [9.17, 15) is 9.59 Å². The van der Waals surface area contributed by atoms with E-state index in [1.165, 1.54) is 0 Å². The molecule has 0 aliphatic carbocycles. The van der Waals surface area contributed by atoms with Crippen molar-refractivity contribution in [2.45, 2.75) is 0 Å². The highest BCUT2D eigenvalue weighted by molar-refractivity contribution is 5.97. The van der Waals surface area contributed by atoms with Gasteiger partial charge in [-0.15, -0.1) is 0 Å². The van der Waals surface area contributed by atoms with Crippen LogP contribution in [0.15, 0.2) is 42.6 Å². The molecule has 1 amide bonds. The first-order valence-corrected chi connectivity index (χ1v) is 3.74. The second-order valence-corrected chi connectivity index (χ2v) is 2.46. The molecule has 0 atom stereocenters. The Hall–Kier alpha value is -1.90.